The van der Waals surface area contributed by atoms with Crippen molar-refractivity contribution < 1.29 is 4.79 Å². The molecule has 3 nitrogen and oxygen atoms in total. The molecule has 1 aliphatic heterocycles. The van der Waals surface area contributed by atoms with E-state index in [4.69, 9.17) is 5.73 Å². The zero-order valence-electron chi connectivity index (χ0n) is 13.0. The molecule has 1 aliphatic carbocycles. The SMILES string of the molecule is CC1CCC(CC(=O)N2CCC(C)CC2CN)CC1.Cl. The van der Waals surface area contributed by atoms with Crippen LogP contribution < -0.4 is 5.73 Å². The largest absolute Gasteiger partial charge is 0.338 e. The molecule has 1 saturated heterocycles. The lowest BCUT2D eigenvalue weighted by Gasteiger charge is -2.39. The van der Waals surface area contributed by atoms with E-state index in [0.717, 1.165) is 31.7 Å². The molecule has 0 aromatic rings. The maximum Gasteiger partial charge on any atom is 0.223 e. The summed E-state index contributed by atoms with van der Waals surface area (Å²) in [5.41, 5.74) is 5.85. The Labute approximate surface area is 130 Å². The highest BCUT2D eigenvalue weighted by Gasteiger charge is 2.30. The minimum absolute atomic E-state index is 0. The third-order valence-corrected chi connectivity index (χ3v) is 5.17. The first-order chi connectivity index (χ1) is 9.10. The van der Waals surface area contributed by atoms with Gasteiger partial charge in [-0.15, -0.1) is 12.4 Å². The Hall–Kier alpha value is -0.280. The highest BCUT2D eigenvalue weighted by Crippen LogP contribution is 2.31. The lowest BCUT2D eigenvalue weighted by atomic mass is 9.81. The Morgan fingerprint density at radius 2 is 1.75 bits per heavy atom. The Bertz CT molecular complexity index is 303. The van der Waals surface area contributed by atoms with Crippen molar-refractivity contribution in [3.8, 4) is 0 Å². The number of hydrogen-bond acceptors (Lipinski definition) is 2. The molecule has 2 fully saturated rings. The van der Waals surface area contributed by atoms with Crippen LogP contribution in [-0.2, 0) is 4.79 Å². The summed E-state index contributed by atoms with van der Waals surface area (Å²) >= 11 is 0. The van der Waals surface area contributed by atoms with Crippen molar-refractivity contribution in [3.63, 3.8) is 0 Å². The highest BCUT2D eigenvalue weighted by atomic mass is 35.5. The molecule has 4 heteroatoms. The van der Waals surface area contributed by atoms with Crippen LogP contribution >= 0.6 is 12.4 Å². The number of nitrogens with zero attached hydrogens (tertiary/aromatic N) is 1. The van der Waals surface area contributed by atoms with E-state index in [1.54, 1.807) is 0 Å². The van der Waals surface area contributed by atoms with E-state index in [0.29, 0.717) is 30.3 Å². The fourth-order valence-corrected chi connectivity index (χ4v) is 3.70. The lowest BCUT2D eigenvalue weighted by Crippen LogP contribution is -2.49. The standard InChI is InChI=1S/C16H30N2O.ClH/c1-12-3-5-14(6-4-12)10-16(19)18-8-7-13(2)9-15(18)11-17;/h12-15H,3-11,17H2,1-2H3;1H. The van der Waals surface area contributed by atoms with Gasteiger partial charge in [-0.3, -0.25) is 4.79 Å². The maximum absolute atomic E-state index is 12.5. The van der Waals surface area contributed by atoms with Gasteiger partial charge in [-0.05, 0) is 43.4 Å². The molecule has 1 heterocycles. The Kier molecular flexibility index (Phi) is 7.32. The number of nitrogens with two attached hydrogens (primary N) is 1. The predicted octanol–water partition coefficient (Wildman–Crippen LogP) is 3.21. The number of likely N-dealkylation sites (tertiary alicyclic amines) is 1. The van der Waals surface area contributed by atoms with Crippen molar-refractivity contribution in [1.29, 1.82) is 0 Å². The van der Waals surface area contributed by atoms with Crippen LogP contribution in [0.3, 0.4) is 0 Å². The second kappa shape index (κ2) is 8.23. The van der Waals surface area contributed by atoms with E-state index in [1.807, 2.05) is 0 Å². The monoisotopic (exact) mass is 302 g/mol. The molecule has 118 valence electrons. The van der Waals surface area contributed by atoms with Gasteiger partial charge in [0.1, 0.15) is 0 Å². The fraction of sp³-hybridized carbons (Fsp3) is 0.938. The molecule has 2 atom stereocenters. The van der Waals surface area contributed by atoms with Crippen molar-refractivity contribution in [2.75, 3.05) is 13.1 Å². The van der Waals surface area contributed by atoms with Gasteiger partial charge in [0.05, 0.1) is 0 Å². The van der Waals surface area contributed by atoms with E-state index >= 15 is 0 Å². The summed E-state index contributed by atoms with van der Waals surface area (Å²) in [7, 11) is 0. The van der Waals surface area contributed by atoms with Crippen molar-refractivity contribution in [1.82, 2.24) is 4.90 Å². The van der Waals surface area contributed by atoms with Gasteiger partial charge >= 0.3 is 0 Å². The summed E-state index contributed by atoms with van der Waals surface area (Å²) in [6.45, 7) is 6.14. The van der Waals surface area contributed by atoms with Crippen LogP contribution in [0.15, 0.2) is 0 Å². The van der Waals surface area contributed by atoms with Gasteiger partial charge in [-0.25, -0.2) is 0 Å². The van der Waals surface area contributed by atoms with Crippen LogP contribution in [0.2, 0.25) is 0 Å². The summed E-state index contributed by atoms with van der Waals surface area (Å²) in [5, 5.41) is 0. The average molecular weight is 303 g/mol. The highest BCUT2D eigenvalue weighted by molar-refractivity contribution is 5.85. The lowest BCUT2D eigenvalue weighted by molar-refractivity contribution is -0.136. The van der Waals surface area contributed by atoms with Gasteiger partial charge < -0.3 is 10.6 Å². The quantitative estimate of drug-likeness (QED) is 0.870. The number of hydrogen-bond donors (Lipinski definition) is 1. The van der Waals surface area contributed by atoms with Crippen LogP contribution in [0, 0.1) is 17.8 Å². The molecular weight excluding hydrogens is 272 g/mol. The van der Waals surface area contributed by atoms with Crippen LogP contribution in [0.4, 0.5) is 0 Å². The van der Waals surface area contributed by atoms with Crippen LogP contribution in [0.1, 0.15) is 58.8 Å². The maximum atomic E-state index is 12.5. The van der Waals surface area contributed by atoms with Crippen LogP contribution in [-0.4, -0.2) is 29.9 Å². The number of amides is 1. The Morgan fingerprint density at radius 1 is 1.10 bits per heavy atom. The number of carbonyl (C=O) groups is 1. The molecule has 2 N–H and O–H groups in total. The van der Waals surface area contributed by atoms with E-state index < -0.39 is 0 Å². The number of piperidine rings is 1. The molecule has 1 saturated carbocycles. The molecule has 2 rings (SSSR count). The van der Waals surface area contributed by atoms with E-state index in [9.17, 15) is 4.79 Å². The molecule has 0 aromatic heterocycles. The minimum Gasteiger partial charge on any atom is -0.338 e. The van der Waals surface area contributed by atoms with E-state index in [-0.39, 0.29) is 12.4 Å². The van der Waals surface area contributed by atoms with Gasteiger partial charge in [0.25, 0.3) is 0 Å². The second-order valence-corrected chi connectivity index (χ2v) is 6.94. The number of rotatable bonds is 3. The smallest absolute Gasteiger partial charge is 0.223 e. The fourth-order valence-electron chi connectivity index (χ4n) is 3.70. The van der Waals surface area contributed by atoms with E-state index in [1.165, 1.54) is 25.7 Å². The third-order valence-electron chi connectivity index (χ3n) is 5.17. The third kappa shape index (κ3) is 4.63. The zero-order chi connectivity index (χ0) is 13.8. The molecular formula is C16H31ClN2O. The topological polar surface area (TPSA) is 46.3 Å². The minimum atomic E-state index is 0. The number of halogens is 1. The Morgan fingerprint density at radius 3 is 2.35 bits per heavy atom. The van der Waals surface area contributed by atoms with Crippen molar-refractivity contribution >= 4 is 18.3 Å². The van der Waals surface area contributed by atoms with Crippen LogP contribution in [0.25, 0.3) is 0 Å². The molecule has 0 spiro atoms. The second-order valence-electron chi connectivity index (χ2n) is 6.94. The normalized spacial score (nSPS) is 34.5. The Balaban J connectivity index is 0.00000200. The first kappa shape index (κ1) is 17.8. The molecule has 0 radical (unpaired) electrons. The van der Waals surface area contributed by atoms with Crippen molar-refractivity contribution in [3.05, 3.63) is 0 Å². The summed E-state index contributed by atoms with van der Waals surface area (Å²) in [5.74, 6) is 2.57. The first-order valence-electron chi connectivity index (χ1n) is 8.09. The summed E-state index contributed by atoms with van der Waals surface area (Å²) in [4.78, 5) is 14.6. The molecule has 2 aliphatic rings. The molecule has 0 bridgehead atoms. The first-order valence-corrected chi connectivity index (χ1v) is 8.09. The molecule has 0 aromatic carbocycles. The van der Waals surface area contributed by atoms with Crippen molar-refractivity contribution in [2.45, 2.75) is 64.8 Å². The predicted molar refractivity (Wildman–Crippen MR) is 85.9 cm³/mol. The molecule has 2 unspecified atom stereocenters. The summed E-state index contributed by atoms with van der Waals surface area (Å²) in [6.07, 6.45) is 8.07. The van der Waals surface area contributed by atoms with Crippen molar-refractivity contribution in [2.24, 2.45) is 23.5 Å². The average Bonchev–Trinajstić information content (AvgIpc) is 2.41. The zero-order valence-corrected chi connectivity index (χ0v) is 13.8. The number of carbonyl (C=O) groups excluding carboxylic acids is 1. The van der Waals surface area contributed by atoms with Gasteiger partial charge in [-0.1, -0.05) is 26.7 Å². The van der Waals surface area contributed by atoms with Crippen LogP contribution in [0.5, 0.6) is 0 Å². The molecule has 1 amide bonds. The van der Waals surface area contributed by atoms with Gasteiger partial charge in [0, 0.05) is 25.6 Å². The summed E-state index contributed by atoms with van der Waals surface area (Å²) in [6, 6.07) is 0.291. The van der Waals surface area contributed by atoms with Gasteiger partial charge in [0.2, 0.25) is 5.91 Å². The summed E-state index contributed by atoms with van der Waals surface area (Å²) < 4.78 is 0. The van der Waals surface area contributed by atoms with Gasteiger partial charge in [-0.2, -0.15) is 0 Å². The molecule has 20 heavy (non-hydrogen) atoms. The van der Waals surface area contributed by atoms with Gasteiger partial charge in [0.15, 0.2) is 0 Å². The van der Waals surface area contributed by atoms with E-state index in [2.05, 4.69) is 18.7 Å².